The molecule has 0 saturated heterocycles. The number of carbonyl (C=O) groups is 1. The molecule has 40 heavy (non-hydrogen) atoms. The van der Waals surface area contributed by atoms with Crippen molar-refractivity contribution < 1.29 is 38.0 Å². The maximum Gasteiger partial charge on any atom is 0.586 e. The van der Waals surface area contributed by atoms with Crippen LogP contribution in [0.3, 0.4) is 0 Å². The number of sulfonamides is 1. The van der Waals surface area contributed by atoms with Crippen molar-refractivity contribution in [1.82, 2.24) is 9.29 Å². The largest absolute Gasteiger partial charge is 0.586 e. The van der Waals surface area contributed by atoms with Crippen LogP contribution < -0.4 is 19.5 Å². The van der Waals surface area contributed by atoms with E-state index in [2.05, 4.69) is 19.5 Å². The molecule has 9 nitrogen and oxygen atoms in total. The Morgan fingerprint density at radius 1 is 1.12 bits per heavy atom. The van der Waals surface area contributed by atoms with Crippen molar-refractivity contribution in [2.45, 2.75) is 70.3 Å². The molecule has 1 aliphatic carbocycles. The number of aliphatic hydroxyl groups excluding tert-OH is 1. The van der Waals surface area contributed by atoms with Gasteiger partial charge < -0.3 is 24.5 Å². The maximum atomic E-state index is 13.5. The summed E-state index contributed by atoms with van der Waals surface area (Å²) in [6.45, 7) is 7.75. The minimum atomic E-state index is -3.72. The molecule has 1 atom stereocenters. The second kappa shape index (κ2) is 9.71. The van der Waals surface area contributed by atoms with Crippen LogP contribution in [0.4, 0.5) is 14.5 Å². The molecule has 2 aromatic carbocycles. The van der Waals surface area contributed by atoms with Crippen molar-refractivity contribution in [2.75, 3.05) is 17.6 Å². The van der Waals surface area contributed by atoms with Gasteiger partial charge in [0.2, 0.25) is 15.9 Å². The number of fused-ring (bicyclic) bond motifs is 2. The molecule has 1 aliphatic heterocycles. The van der Waals surface area contributed by atoms with Gasteiger partial charge in [-0.3, -0.25) is 4.79 Å². The highest BCUT2D eigenvalue weighted by Gasteiger charge is 2.52. The first-order chi connectivity index (χ1) is 18.6. The molecule has 0 spiro atoms. The SMILES string of the molecule is CCS(=O)(=O)NC[C@H](O)Cn1c(C(C)(C)C)cc2cc(NC(=O)C3(c4ccc5c(c4)OC(F)(F)O5)CC3)ccc21.[HH]. The quantitative estimate of drug-likeness (QED) is 0.344. The monoisotopic (exact) mass is 579 g/mol. The highest BCUT2D eigenvalue weighted by atomic mass is 32.2. The van der Waals surface area contributed by atoms with Crippen molar-refractivity contribution in [1.29, 1.82) is 0 Å². The number of amides is 1. The molecule has 2 aliphatic rings. The predicted octanol–water partition coefficient (Wildman–Crippen LogP) is 4.48. The van der Waals surface area contributed by atoms with Crippen molar-refractivity contribution in [2.24, 2.45) is 0 Å². The Kier molecular flexibility index (Phi) is 6.87. The van der Waals surface area contributed by atoms with E-state index in [-0.39, 0.29) is 43.1 Å². The Balaban J connectivity index is 0.00000387. The van der Waals surface area contributed by atoms with E-state index in [0.717, 1.165) is 16.6 Å². The summed E-state index contributed by atoms with van der Waals surface area (Å²) in [6, 6.07) is 11.9. The average Bonchev–Trinajstić information content (AvgIpc) is 3.51. The van der Waals surface area contributed by atoms with Gasteiger partial charge in [-0.05, 0) is 61.7 Å². The van der Waals surface area contributed by atoms with E-state index < -0.39 is 27.8 Å². The number of halogens is 2. The van der Waals surface area contributed by atoms with E-state index in [4.69, 9.17) is 0 Å². The van der Waals surface area contributed by atoms with Gasteiger partial charge in [-0.2, -0.15) is 0 Å². The highest BCUT2D eigenvalue weighted by Crippen LogP contribution is 2.52. The molecule has 3 aromatic rings. The van der Waals surface area contributed by atoms with Crippen LogP contribution in [0, 0.1) is 0 Å². The second-order valence-electron chi connectivity index (χ2n) is 11.4. The zero-order valence-corrected chi connectivity index (χ0v) is 23.6. The lowest BCUT2D eigenvalue weighted by atomic mass is 9.92. The smallest absolute Gasteiger partial charge is 0.395 e. The number of alkyl halides is 2. The van der Waals surface area contributed by atoms with E-state index in [1.807, 2.05) is 43.5 Å². The molecule has 5 rings (SSSR count). The summed E-state index contributed by atoms with van der Waals surface area (Å²) in [6.07, 6.45) is -3.53. The van der Waals surface area contributed by atoms with Gasteiger partial charge in [-0.25, -0.2) is 13.1 Å². The van der Waals surface area contributed by atoms with Gasteiger partial charge in [0, 0.05) is 35.7 Å². The molecule has 1 saturated carbocycles. The fourth-order valence-electron chi connectivity index (χ4n) is 5.04. The summed E-state index contributed by atoms with van der Waals surface area (Å²) in [5, 5.41) is 14.5. The van der Waals surface area contributed by atoms with Gasteiger partial charge in [0.05, 0.1) is 23.8 Å². The number of carbonyl (C=O) groups excluding carboxylic acids is 1. The summed E-state index contributed by atoms with van der Waals surface area (Å²) >= 11 is 0. The van der Waals surface area contributed by atoms with Crippen molar-refractivity contribution in [3.05, 3.63) is 53.7 Å². The third kappa shape index (κ3) is 5.52. The lowest BCUT2D eigenvalue weighted by Crippen LogP contribution is -2.36. The van der Waals surface area contributed by atoms with Crippen LogP contribution in [0.25, 0.3) is 10.9 Å². The van der Waals surface area contributed by atoms with Gasteiger partial charge in [0.1, 0.15) is 0 Å². The molecule has 0 radical (unpaired) electrons. The molecule has 1 amide bonds. The molecule has 218 valence electrons. The summed E-state index contributed by atoms with van der Waals surface area (Å²) in [4.78, 5) is 13.4. The maximum absolute atomic E-state index is 13.5. The number of nitrogens with one attached hydrogen (secondary N) is 2. The summed E-state index contributed by atoms with van der Waals surface area (Å²) in [7, 11) is -3.43. The second-order valence-corrected chi connectivity index (χ2v) is 13.5. The Hall–Kier alpha value is -3.22. The average molecular weight is 580 g/mol. The van der Waals surface area contributed by atoms with Crippen LogP contribution in [-0.2, 0) is 32.2 Å². The number of rotatable bonds is 9. The number of aromatic nitrogens is 1. The summed E-state index contributed by atoms with van der Waals surface area (Å²) < 4.78 is 64.0. The molecule has 0 unspecified atom stereocenters. The highest BCUT2D eigenvalue weighted by molar-refractivity contribution is 7.89. The fraction of sp³-hybridized carbons (Fsp3) is 0.464. The van der Waals surface area contributed by atoms with Crippen LogP contribution in [-0.4, -0.2) is 48.7 Å². The third-order valence-electron chi connectivity index (χ3n) is 7.38. The normalized spacial score (nSPS) is 18.1. The molecule has 3 N–H and O–H groups in total. The minimum Gasteiger partial charge on any atom is -0.395 e. The van der Waals surface area contributed by atoms with E-state index >= 15 is 0 Å². The van der Waals surface area contributed by atoms with E-state index in [0.29, 0.717) is 24.1 Å². The van der Waals surface area contributed by atoms with Crippen LogP contribution >= 0.6 is 0 Å². The topological polar surface area (TPSA) is 119 Å². The molecular weight excluding hydrogens is 544 g/mol. The molecule has 1 aromatic heterocycles. The van der Waals surface area contributed by atoms with E-state index in [9.17, 15) is 27.1 Å². The van der Waals surface area contributed by atoms with Crippen molar-refractivity contribution in [3.63, 3.8) is 0 Å². The zero-order chi connectivity index (χ0) is 29.1. The standard InChI is InChI=1S/C28H33F2N3O6S.H2/c1-5-40(36,37)31-15-20(34)16-33-21-8-7-19(12-17(21)13-24(33)26(2,3)4)32-25(35)27(10-11-27)18-6-9-22-23(14-18)39-28(29,30)38-22;/h6-9,12-14,20,31,34H,5,10-11,15-16H2,1-4H3,(H,32,35);1H/t20-;/m0./s1. The Morgan fingerprint density at radius 2 is 1.82 bits per heavy atom. The number of nitrogens with zero attached hydrogens (tertiary/aromatic N) is 1. The Labute approximate surface area is 233 Å². The number of hydrogen-bond donors (Lipinski definition) is 3. The Morgan fingerprint density at radius 3 is 2.48 bits per heavy atom. The number of hydrogen-bond acceptors (Lipinski definition) is 6. The van der Waals surface area contributed by atoms with Crippen molar-refractivity contribution >= 4 is 32.5 Å². The Bertz CT molecular complexity index is 1580. The lowest BCUT2D eigenvalue weighted by molar-refractivity contribution is -0.286. The van der Waals surface area contributed by atoms with Gasteiger partial charge in [0.25, 0.3) is 0 Å². The van der Waals surface area contributed by atoms with Crippen LogP contribution in [0.1, 0.15) is 53.2 Å². The fourth-order valence-corrected chi connectivity index (χ4v) is 5.69. The van der Waals surface area contributed by atoms with Gasteiger partial charge in [-0.15, -0.1) is 8.78 Å². The first-order valence-electron chi connectivity index (χ1n) is 13.1. The third-order valence-corrected chi connectivity index (χ3v) is 8.74. The van der Waals surface area contributed by atoms with Gasteiger partial charge in [-0.1, -0.05) is 26.8 Å². The van der Waals surface area contributed by atoms with E-state index in [1.54, 1.807) is 12.1 Å². The van der Waals surface area contributed by atoms with Crippen molar-refractivity contribution in [3.8, 4) is 11.5 Å². The summed E-state index contributed by atoms with van der Waals surface area (Å²) in [5.74, 6) is -0.474. The molecule has 1 fully saturated rings. The number of ether oxygens (including phenoxy) is 2. The first-order valence-corrected chi connectivity index (χ1v) is 14.8. The predicted molar refractivity (Wildman–Crippen MR) is 148 cm³/mol. The van der Waals surface area contributed by atoms with Crippen LogP contribution in [0.5, 0.6) is 11.5 Å². The molecular formula is C28H35F2N3O6S. The number of aliphatic hydroxyl groups is 1. The minimum absolute atomic E-state index is 0. The van der Waals surface area contributed by atoms with Crippen LogP contribution in [0.2, 0.25) is 0 Å². The zero-order valence-electron chi connectivity index (χ0n) is 22.8. The van der Waals surface area contributed by atoms with Crippen LogP contribution in [0.15, 0.2) is 42.5 Å². The first kappa shape index (κ1) is 28.3. The molecule has 0 bridgehead atoms. The molecule has 2 heterocycles. The summed E-state index contributed by atoms with van der Waals surface area (Å²) in [5.41, 5.74) is 1.81. The lowest BCUT2D eigenvalue weighted by Gasteiger charge is -2.24. The number of benzene rings is 2. The molecule has 12 heteroatoms. The van der Waals surface area contributed by atoms with Gasteiger partial charge >= 0.3 is 6.29 Å². The van der Waals surface area contributed by atoms with Gasteiger partial charge in [0.15, 0.2) is 11.5 Å². The van der Waals surface area contributed by atoms with E-state index in [1.165, 1.54) is 19.1 Å². The number of anilines is 1.